The second kappa shape index (κ2) is 9.46. The van der Waals surface area contributed by atoms with Gasteiger partial charge in [0.2, 0.25) is 0 Å². The van der Waals surface area contributed by atoms with Gasteiger partial charge in [0.05, 0.1) is 22.9 Å². The van der Waals surface area contributed by atoms with Crippen LogP contribution in [0, 0.1) is 11.2 Å². The molecule has 1 fully saturated rings. The van der Waals surface area contributed by atoms with Crippen molar-refractivity contribution in [1.82, 2.24) is 35.0 Å². The van der Waals surface area contributed by atoms with Crippen LogP contribution < -0.4 is 10.2 Å². The number of hydrogen-bond donors (Lipinski definition) is 3. The Balaban J connectivity index is 1.38. The number of hydrogen-bond acceptors (Lipinski definition) is 7. The predicted octanol–water partition coefficient (Wildman–Crippen LogP) is 5.43. The van der Waals surface area contributed by atoms with Crippen LogP contribution in [-0.4, -0.2) is 68.3 Å². The number of halogens is 1. The molecule has 0 atom stereocenters. The highest BCUT2D eigenvalue weighted by molar-refractivity contribution is 5.97. The van der Waals surface area contributed by atoms with E-state index in [2.05, 4.69) is 74.7 Å². The summed E-state index contributed by atoms with van der Waals surface area (Å²) >= 11 is 0. The first-order valence-corrected chi connectivity index (χ1v) is 13.1. The summed E-state index contributed by atoms with van der Waals surface area (Å²) in [4.78, 5) is 21.9. The highest BCUT2D eigenvalue weighted by Crippen LogP contribution is 2.34. The maximum absolute atomic E-state index is 15.3. The van der Waals surface area contributed by atoms with E-state index in [4.69, 9.17) is 4.98 Å². The minimum absolute atomic E-state index is 0.127. The quantitative estimate of drug-likeness (QED) is 0.281. The SMILES string of the molecule is C=C(Nc1cncc(-c2cc3c(-c4nc5c(N6CCN(C)CC6)nccc5[nH]4)n[nH]c3cc2F)c1)C(C)(C)C. The van der Waals surface area contributed by atoms with E-state index in [1.54, 1.807) is 24.7 Å². The smallest absolute Gasteiger partial charge is 0.159 e. The molecule has 0 bridgehead atoms. The van der Waals surface area contributed by atoms with Crippen molar-refractivity contribution in [2.45, 2.75) is 20.8 Å². The molecule has 10 heteroatoms. The van der Waals surface area contributed by atoms with Gasteiger partial charge in [-0.3, -0.25) is 10.1 Å². The van der Waals surface area contributed by atoms with Gasteiger partial charge < -0.3 is 20.1 Å². The molecule has 1 aliphatic heterocycles. The van der Waals surface area contributed by atoms with Crippen molar-refractivity contribution in [3.8, 4) is 22.6 Å². The van der Waals surface area contributed by atoms with Crippen molar-refractivity contribution in [3.63, 3.8) is 0 Å². The molecule has 0 aliphatic carbocycles. The largest absolute Gasteiger partial charge is 0.358 e. The third-order valence-electron chi connectivity index (χ3n) is 7.31. The number of nitrogens with zero attached hydrogens (tertiary/aromatic N) is 6. The Morgan fingerprint density at radius 3 is 2.64 bits per heavy atom. The second-order valence-electron chi connectivity index (χ2n) is 11.2. The number of imidazole rings is 1. The summed E-state index contributed by atoms with van der Waals surface area (Å²) in [5, 5.41) is 11.5. The molecule has 0 unspecified atom stereocenters. The van der Waals surface area contributed by atoms with E-state index >= 15 is 4.39 Å². The maximum atomic E-state index is 15.3. The molecule has 1 aromatic carbocycles. The molecule has 5 aromatic rings. The van der Waals surface area contributed by atoms with Crippen LogP contribution in [0.4, 0.5) is 15.9 Å². The van der Waals surface area contributed by atoms with Crippen molar-refractivity contribution in [1.29, 1.82) is 0 Å². The molecule has 9 nitrogen and oxygen atoms in total. The number of pyridine rings is 2. The van der Waals surface area contributed by atoms with E-state index in [1.165, 1.54) is 6.07 Å². The van der Waals surface area contributed by atoms with Gasteiger partial charge in [0, 0.05) is 72.3 Å². The second-order valence-corrected chi connectivity index (χ2v) is 11.2. The Bertz CT molecular complexity index is 1690. The van der Waals surface area contributed by atoms with E-state index in [-0.39, 0.29) is 11.2 Å². The summed E-state index contributed by atoms with van der Waals surface area (Å²) in [7, 11) is 2.13. The Labute approximate surface area is 226 Å². The van der Waals surface area contributed by atoms with Gasteiger partial charge >= 0.3 is 0 Å². The van der Waals surface area contributed by atoms with Gasteiger partial charge in [0.1, 0.15) is 17.0 Å². The van der Waals surface area contributed by atoms with Crippen LogP contribution in [0.15, 0.2) is 55.1 Å². The van der Waals surface area contributed by atoms with Crippen LogP contribution in [0.5, 0.6) is 0 Å². The lowest BCUT2D eigenvalue weighted by Crippen LogP contribution is -2.44. The molecule has 0 spiro atoms. The fourth-order valence-corrected chi connectivity index (χ4v) is 4.74. The average Bonchev–Trinajstić information content (AvgIpc) is 3.52. The zero-order chi connectivity index (χ0) is 27.3. The number of H-pyrrole nitrogens is 2. The average molecular weight is 526 g/mol. The summed E-state index contributed by atoms with van der Waals surface area (Å²) < 4.78 is 15.3. The molecule has 0 amide bonds. The summed E-state index contributed by atoms with van der Waals surface area (Å²) in [6.07, 6.45) is 5.17. The summed E-state index contributed by atoms with van der Waals surface area (Å²) in [5.74, 6) is 1.10. The van der Waals surface area contributed by atoms with Crippen molar-refractivity contribution in [2.24, 2.45) is 5.41 Å². The van der Waals surface area contributed by atoms with Crippen LogP contribution in [0.1, 0.15) is 20.8 Å². The van der Waals surface area contributed by atoms with Gasteiger partial charge in [0.15, 0.2) is 11.6 Å². The Morgan fingerprint density at radius 2 is 1.87 bits per heavy atom. The van der Waals surface area contributed by atoms with Gasteiger partial charge in [-0.2, -0.15) is 5.10 Å². The van der Waals surface area contributed by atoms with E-state index in [1.807, 2.05) is 12.1 Å². The van der Waals surface area contributed by atoms with Crippen LogP contribution in [0.2, 0.25) is 0 Å². The molecular weight excluding hydrogens is 493 g/mol. The molecular formula is C29H32FN9. The third kappa shape index (κ3) is 4.72. The number of piperazine rings is 1. The van der Waals surface area contributed by atoms with Gasteiger partial charge in [0.25, 0.3) is 0 Å². The zero-order valence-corrected chi connectivity index (χ0v) is 22.6. The number of likely N-dealkylation sites (N-methyl/N-ethyl adjacent to an activating group) is 1. The van der Waals surface area contributed by atoms with Crippen molar-refractivity contribution in [3.05, 3.63) is 60.9 Å². The first-order chi connectivity index (χ1) is 18.7. The lowest BCUT2D eigenvalue weighted by molar-refractivity contribution is 0.312. The number of nitrogens with one attached hydrogen (secondary N) is 3. The maximum Gasteiger partial charge on any atom is 0.159 e. The van der Waals surface area contributed by atoms with Crippen LogP contribution in [0.3, 0.4) is 0 Å². The van der Waals surface area contributed by atoms with E-state index in [9.17, 15) is 0 Å². The Hall–Kier alpha value is -4.31. The Morgan fingerprint density at radius 1 is 1.08 bits per heavy atom. The van der Waals surface area contributed by atoms with E-state index in [0.717, 1.165) is 59.8 Å². The summed E-state index contributed by atoms with van der Waals surface area (Å²) in [5.41, 5.74) is 5.45. The van der Waals surface area contributed by atoms with E-state index in [0.29, 0.717) is 28.2 Å². The molecule has 1 saturated heterocycles. The normalized spacial score (nSPS) is 14.8. The molecule has 200 valence electrons. The lowest BCUT2D eigenvalue weighted by atomic mass is 9.93. The molecule has 3 N–H and O–H groups in total. The number of allylic oxidation sites excluding steroid dienone is 1. The number of aromatic nitrogens is 6. The predicted molar refractivity (Wildman–Crippen MR) is 154 cm³/mol. The van der Waals surface area contributed by atoms with E-state index < -0.39 is 0 Å². The monoisotopic (exact) mass is 525 g/mol. The van der Waals surface area contributed by atoms with Gasteiger partial charge in [-0.25, -0.2) is 14.4 Å². The Kier molecular flexibility index (Phi) is 6.06. The van der Waals surface area contributed by atoms with Gasteiger partial charge in [-0.15, -0.1) is 0 Å². The first-order valence-electron chi connectivity index (χ1n) is 13.1. The van der Waals surface area contributed by atoms with Crippen LogP contribution >= 0.6 is 0 Å². The number of benzene rings is 1. The summed E-state index contributed by atoms with van der Waals surface area (Å²) in [6, 6.07) is 7.06. The number of aromatic amines is 2. The highest BCUT2D eigenvalue weighted by Gasteiger charge is 2.22. The lowest BCUT2D eigenvalue weighted by Gasteiger charge is -2.33. The fraction of sp³-hybridized carbons (Fsp3) is 0.310. The minimum atomic E-state index is -0.363. The first kappa shape index (κ1) is 25.0. The molecule has 39 heavy (non-hydrogen) atoms. The molecule has 0 radical (unpaired) electrons. The standard InChI is InChI=1S/C29H32FN9/c1-17(29(2,3)4)33-19-12-18(15-31-16-19)20-13-21-24(14-22(20)30)36-37-25(21)27-34-23-6-7-32-28(26(23)35-27)39-10-8-38(5)9-11-39/h6-7,12-16,33H,1,8-11H2,2-5H3,(H,34,35)(H,36,37). The van der Waals surface area contributed by atoms with Crippen LogP contribution in [-0.2, 0) is 0 Å². The van der Waals surface area contributed by atoms with Crippen molar-refractivity contribution in [2.75, 3.05) is 43.4 Å². The topological polar surface area (TPSA) is 102 Å². The number of rotatable bonds is 5. The van der Waals surface area contributed by atoms with Gasteiger partial charge in [-0.05, 0) is 25.2 Å². The van der Waals surface area contributed by atoms with Crippen molar-refractivity contribution >= 4 is 33.4 Å². The van der Waals surface area contributed by atoms with Crippen molar-refractivity contribution < 1.29 is 4.39 Å². The third-order valence-corrected chi connectivity index (χ3v) is 7.31. The molecule has 5 heterocycles. The number of anilines is 2. The van der Waals surface area contributed by atoms with Crippen LogP contribution in [0.25, 0.3) is 44.6 Å². The summed E-state index contributed by atoms with van der Waals surface area (Å²) in [6.45, 7) is 14.1. The molecule has 0 saturated carbocycles. The number of fused-ring (bicyclic) bond motifs is 2. The zero-order valence-electron chi connectivity index (χ0n) is 22.6. The highest BCUT2D eigenvalue weighted by atomic mass is 19.1. The fourth-order valence-electron chi connectivity index (χ4n) is 4.74. The minimum Gasteiger partial charge on any atom is -0.358 e. The molecule has 4 aromatic heterocycles. The molecule has 6 rings (SSSR count). The van der Waals surface area contributed by atoms with Gasteiger partial charge in [-0.1, -0.05) is 27.4 Å². The molecule has 1 aliphatic rings.